The first-order valence-corrected chi connectivity index (χ1v) is 27.9. The SMILES string of the molecule is C=CCCCCCCCCCCCCCCCC(=O)OC[C@H](COP(=O)(O)OCC[N+](C)(C)C)OC(=O)CCCCCCCCCCCCCCCCCCCCCCCCC. The topological polar surface area (TPSA) is 108 Å². The van der Waals surface area contributed by atoms with Crippen LogP contribution in [0.4, 0.5) is 0 Å². The average molecular weight is 901 g/mol. The minimum atomic E-state index is -4.37. The van der Waals surface area contributed by atoms with Crippen LogP contribution in [0.3, 0.4) is 0 Å². The third-order valence-corrected chi connectivity index (χ3v) is 12.9. The molecule has 0 fully saturated rings. The summed E-state index contributed by atoms with van der Waals surface area (Å²) in [7, 11) is 1.49. The Bertz CT molecular complexity index is 1050. The summed E-state index contributed by atoms with van der Waals surface area (Å²) in [6.07, 6.45) is 48.8. The number of phosphoric acid groups is 1. The number of carbonyl (C=O) groups is 2. The molecule has 2 atom stereocenters. The average Bonchev–Trinajstić information content (AvgIpc) is 3.23. The molecular weight excluding hydrogens is 798 g/mol. The minimum absolute atomic E-state index is 0.0349. The monoisotopic (exact) mass is 901 g/mol. The predicted molar refractivity (Wildman–Crippen MR) is 261 cm³/mol. The van der Waals surface area contributed by atoms with Crippen molar-refractivity contribution in [2.45, 2.75) is 263 Å². The fourth-order valence-corrected chi connectivity index (χ4v) is 8.56. The van der Waals surface area contributed by atoms with Crippen LogP contribution in [0, 0.1) is 0 Å². The number of allylic oxidation sites excluding steroid dienone is 1. The molecule has 10 heteroatoms. The van der Waals surface area contributed by atoms with E-state index in [4.69, 9.17) is 18.5 Å². The maximum atomic E-state index is 12.8. The number of unbranched alkanes of at least 4 members (excludes halogenated alkanes) is 35. The largest absolute Gasteiger partial charge is 0.472 e. The second-order valence-corrected chi connectivity index (χ2v) is 20.8. The van der Waals surface area contributed by atoms with Crippen LogP contribution in [0.1, 0.15) is 257 Å². The molecule has 0 aromatic carbocycles. The first-order chi connectivity index (χ1) is 30.0. The van der Waals surface area contributed by atoms with Crippen LogP contribution in [0.2, 0.25) is 0 Å². The second-order valence-electron chi connectivity index (χ2n) is 19.4. The fourth-order valence-electron chi connectivity index (χ4n) is 7.82. The lowest BCUT2D eigenvalue weighted by Crippen LogP contribution is -2.37. The standard InChI is InChI=1S/C52H102NO8P/c1-6-8-10-12-14-16-18-20-22-23-24-25-26-27-28-29-31-33-35-37-39-41-43-45-52(55)61-50(49-60-62(56,57)59-47-46-53(3,4)5)48-58-51(54)44-42-40-38-36-34-32-30-21-19-17-15-13-11-9-7-2/h7,50H,2,6,8-49H2,1,3-5H3/p+1/t50-/m1/s1. The van der Waals surface area contributed by atoms with E-state index in [2.05, 4.69) is 13.5 Å². The molecule has 0 heterocycles. The van der Waals surface area contributed by atoms with Gasteiger partial charge in [-0.15, -0.1) is 6.58 Å². The molecule has 0 spiro atoms. The Hall–Kier alpha value is -1.25. The zero-order chi connectivity index (χ0) is 45.7. The van der Waals surface area contributed by atoms with Gasteiger partial charge in [0, 0.05) is 12.8 Å². The number of ether oxygens (including phenoxy) is 2. The van der Waals surface area contributed by atoms with Crippen LogP contribution in [0.25, 0.3) is 0 Å². The second kappa shape index (κ2) is 44.9. The predicted octanol–water partition coefficient (Wildman–Crippen LogP) is 15.7. The van der Waals surface area contributed by atoms with E-state index in [9.17, 15) is 19.0 Å². The third kappa shape index (κ3) is 48.2. The number of rotatable bonds is 50. The van der Waals surface area contributed by atoms with E-state index in [1.807, 2.05) is 27.2 Å². The van der Waals surface area contributed by atoms with Gasteiger partial charge in [-0.3, -0.25) is 18.6 Å². The van der Waals surface area contributed by atoms with Crippen LogP contribution >= 0.6 is 7.82 Å². The number of carbonyl (C=O) groups excluding carboxylic acids is 2. The molecule has 1 unspecified atom stereocenters. The van der Waals surface area contributed by atoms with Crippen molar-refractivity contribution in [3.05, 3.63) is 12.7 Å². The molecule has 0 amide bonds. The first-order valence-electron chi connectivity index (χ1n) is 26.4. The number of hydrogen-bond acceptors (Lipinski definition) is 7. The molecule has 0 aliphatic carbocycles. The third-order valence-electron chi connectivity index (χ3n) is 11.9. The van der Waals surface area contributed by atoms with Crippen molar-refractivity contribution in [1.29, 1.82) is 0 Å². The van der Waals surface area contributed by atoms with Gasteiger partial charge in [-0.1, -0.05) is 225 Å². The van der Waals surface area contributed by atoms with Crippen molar-refractivity contribution in [1.82, 2.24) is 0 Å². The lowest BCUT2D eigenvalue weighted by Gasteiger charge is -2.24. The van der Waals surface area contributed by atoms with Gasteiger partial charge in [-0.05, 0) is 25.7 Å². The number of phosphoric ester groups is 1. The van der Waals surface area contributed by atoms with Crippen LogP contribution < -0.4 is 0 Å². The molecule has 0 saturated heterocycles. The number of esters is 2. The van der Waals surface area contributed by atoms with Gasteiger partial charge in [-0.25, -0.2) is 4.57 Å². The maximum Gasteiger partial charge on any atom is 0.472 e. The molecule has 0 aromatic heterocycles. The molecule has 1 N–H and O–H groups in total. The smallest absolute Gasteiger partial charge is 0.462 e. The number of likely N-dealkylation sites (N-methyl/N-ethyl adjacent to an activating group) is 1. The van der Waals surface area contributed by atoms with Gasteiger partial charge in [0.1, 0.15) is 19.8 Å². The lowest BCUT2D eigenvalue weighted by molar-refractivity contribution is -0.870. The van der Waals surface area contributed by atoms with Crippen molar-refractivity contribution >= 4 is 19.8 Å². The Kier molecular flexibility index (Phi) is 44.0. The summed E-state index contributed by atoms with van der Waals surface area (Å²) in [6.45, 7) is 6.00. The van der Waals surface area contributed by atoms with Crippen molar-refractivity contribution in [2.75, 3.05) is 47.5 Å². The fraction of sp³-hybridized carbons (Fsp3) is 0.923. The molecule has 368 valence electrons. The molecule has 0 aliphatic rings. The Morgan fingerprint density at radius 2 is 0.855 bits per heavy atom. The molecule has 0 aliphatic heterocycles. The van der Waals surface area contributed by atoms with E-state index in [1.165, 1.54) is 193 Å². The van der Waals surface area contributed by atoms with Crippen LogP contribution in [-0.4, -0.2) is 74.9 Å². The lowest BCUT2D eigenvalue weighted by atomic mass is 10.0. The van der Waals surface area contributed by atoms with Crippen molar-refractivity contribution < 1.29 is 42.1 Å². The number of nitrogens with zero attached hydrogens (tertiary/aromatic N) is 1. The summed E-state index contributed by atoms with van der Waals surface area (Å²) < 4.78 is 34.5. The summed E-state index contributed by atoms with van der Waals surface area (Å²) in [5.74, 6) is -0.784. The van der Waals surface area contributed by atoms with Crippen molar-refractivity contribution in [2.24, 2.45) is 0 Å². The highest BCUT2D eigenvalue weighted by atomic mass is 31.2. The van der Waals surface area contributed by atoms with E-state index in [1.54, 1.807) is 0 Å². The van der Waals surface area contributed by atoms with Gasteiger partial charge in [0.25, 0.3) is 0 Å². The van der Waals surface area contributed by atoms with Gasteiger partial charge in [0.2, 0.25) is 0 Å². The van der Waals surface area contributed by atoms with Crippen molar-refractivity contribution in [3.63, 3.8) is 0 Å². The van der Waals surface area contributed by atoms with E-state index in [-0.39, 0.29) is 25.6 Å². The zero-order valence-electron chi connectivity index (χ0n) is 41.5. The molecule has 62 heavy (non-hydrogen) atoms. The summed E-state index contributed by atoms with van der Waals surface area (Å²) in [5.41, 5.74) is 0. The molecule has 0 bridgehead atoms. The Labute approximate surface area is 384 Å². The van der Waals surface area contributed by atoms with Gasteiger partial charge in [0.05, 0.1) is 27.7 Å². The Morgan fingerprint density at radius 1 is 0.516 bits per heavy atom. The number of hydrogen-bond donors (Lipinski definition) is 1. The molecule has 0 rings (SSSR count). The van der Waals surface area contributed by atoms with Crippen LogP contribution in [0.15, 0.2) is 12.7 Å². The summed E-state index contributed by atoms with van der Waals surface area (Å²) >= 11 is 0. The minimum Gasteiger partial charge on any atom is -0.462 e. The quantitative estimate of drug-likeness (QED) is 0.0211. The highest BCUT2D eigenvalue weighted by Crippen LogP contribution is 2.43. The summed E-state index contributed by atoms with van der Waals surface area (Å²) in [5, 5.41) is 0. The Morgan fingerprint density at radius 3 is 1.21 bits per heavy atom. The van der Waals surface area contributed by atoms with Gasteiger partial charge >= 0.3 is 19.8 Å². The van der Waals surface area contributed by atoms with Gasteiger partial charge < -0.3 is 18.9 Å². The summed E-state index contributed by atoms with van der Waals surface area (Å²) in [6, 6.07) is 0. The highest BCUT2D eigenvalue weighted by Gasteiger charge is 2.27. The Balaban J connectivity index is 4.14. The molecular formula is C52H103NO8P+. The van der Waals surface area contributed by atoms with Gasteiger partial charge in [-0.2, -0.15) is 0 Å². The zero-order valence-corrected chi connectivity index (χ0v) is 42.4. The van der Waals surface area contributed by atoms with Crippen LogP contribution in [-0.2, 0) is 32.7 Å². The maximum absolute atomic E-state index is 12.8. The molecule has 0 aromatic rings. The normalized spacial score (nSPS) is 13.2. The van der Waals surface area contributed by atoms with E-state index < -0.39 is 26.5 Å². The van der Waals surface area contributed by atoms with E-state index in [0.29, 0.717) is 23.9 Å². The molecule has 0 saturated carbocycles. The van der Waals surface area contributed by atoms with E-state index >= 15 is 0 Å². The molecule has 0 radical (unpaired) electrons. The molecule has 9 nitrogen and oxygen atoms in total. The first kappa shape index (κ1) is 60.8. The summed E-state index contributed by atoms with van der Waals surface area (Å²) in [4.78, 5) is 35.5. The number of quaternary nitrogens is 1. The van der Waals surface area contributed by atoms with Gasteiger partial charge in [0.15, 0.2) is 6.10 Å². The van der Waals surface area contributed by atoms with E-state index in [0.717, 1.165) is 38.5 Å². The van der Waals surface area contributed by atoms with Crippen molar-refractivity contribution in [3.8, 4) is 0 Å². The highest BCUT2D eigenvalue weighted by molar-refractivity contribution is 7.47. The van der Waals surface area contributed by atoms with Crippen LogP contribution in [0.5, 0.6) is 0 Å².